The van der Waals surface area contributed by atoms with Crippen LogP contribution in [0, 0.1) is 5.92 Å². The van der Waals surface area contributed by atoms with E-state index in [2.05, 4.69) is 29.6 Å². The molecule has 0 bridgehead atoms. The van der Waals surface area contributed by atoms with Crippen LogP contribution in [0.15, 0.2) is 24.3 Å². The molecule has 1 saturated heterocycles. The molecule has 2 aliphatic rings. The lowest BCUT2D eigenvalue weighted by Crippen LogP contribution is -2.11. The van der Waals surface area contributed by atoms with Gasteiger partial charge in [0.05, 0.1) is 6.61 Å². The fourth-order valence-corrected chi connectivity index (χ4v) is 2.64. The zero-order chi connectivity index (χ0) is 9.38. The number of rotatable bonds is 0. The van der Waals surface area contributed by atoms with Crippen LogP contribution in [0.4, 0.5) is 0 Å². The van der Waals surface area contributed by atoms with Crippen molar-refractivity contribution >= 4 is 0 Å². The van der Waals surface area contributed by atoms with E-state index in [0.29, 0.717) is 5.92 Å². The second kappa shape index (κ2) is 3.28. The monoisotopic (exact) mass is 189 g/mol. The number of hydrogen-bond acceptors (Lipinski definition) is 2. The lowest BCUT2D eigenvalue weighted by molar-refractivity contribution is 0.296. The summed E-state index contributed by atoms with van der Waals surface area (Å²) < 4.78 is 5.76. The van der Waals surface area contributed by atoms with Gasteiger partial charge < -0.3 is 10.1 Å². The highest BCUT2D eigenvalue weighted by Gasteiger charge is 2.32. The van der Waals surface area contributed by atoms with Gasteiger partial charge in [0.25, 0.3) is 0 Å². The van der Waals surface area contributed by atoms with Crippen LogP contribution >= 0.6 is 0 Å². The summed E-state index contributed by atoms with van der Waals surface area (Å²) in [5, 5.41) is 3.48. The lowest BCUT2D eigenvalue weighted by atomic mass is 9.87. The summed E-state index contributed by atoms with van der Waals surface area (Å²) in [5.74, 6) is 2.55. The first-order chi connectivity index (χ1) is 6.95. The van der Waals surface area contributed by atoms with Crippen molar-refractivity contribution in [1.82, 2.24) is 5.32 Å². The molecule has 1 aromatic carbocycles. The van der Waals surface area contributed by atoms with Crippen molar-refractivity contribution in [3.05, 3.63) is 29.8 Å². The molecule has 14 heavy (non-hydrogen) atoms. The minimum Gasteiger partial charge on any atom is -0.493 e. The van der Waals surface area contributed by atoms with E-state index in [1.165, 1.54) is 12.0 Å². The van der Waals surface area contributed by atoms with Crippen LogP contribution in [0.2, 0.25) is 0 Å². The molecule has 1 fully saturated rings. The van der Waals surface area contributed by atoms with E-state index in [9.17, 15) is 0 Å². The Labute approximate surface area is 84.3 Å². The van der Waals surface area contributed by atoms with Crippen molar-refractivity contribution in [2.75, 3.05) is 19.7 Å². The fourth-order valence-electron chi connectivity index (χ4n) is 2.64. The van der Waals surface area contributed by atoms with E-state index in [-0.39, 0.29) is 0 Å². The average Bonchev–Trinajstić information content (AvgIpc) is 2.61. The molecule has 2 aliphatic heterocycles. The minimum atomic E-state index is 0.675. The number of para-hydroxylation sites is 1. The molecule has 74 valence electrons. The van der Waals surface area contributed by atoms with Crippen LogP contribution in [0.5, 0.6) is 5.75 Å². The maximum Gasteiger partial charge on any atom is 0.122 e. The van der Waals surface area contributed by atoms with E-state index >= 15 is 0 Å². The molecule has 0 radical (unpaired) electrons. The third-order valence-corrected chi connectivity index (χ3v) is 3.40. The maximum atomic E-state index is 5.76. The fraction of sp³-hybridized carbons (Fsp3) is 0.500. The van der Waals surface area contributed by atoms with Gasteiger partial charge in [-0.1, -0.05) is 18.2 Å². The predicted octanol–water partition coefficient (Wildman–Crippen LogP) is 1.77. The molecular formula is C12H15NO. The largest absolute Gasteiger partial charge is 0.493 e. The van der Waals surface area contributed by atoms with Gasteiger partial charge in [-0.2, -0.15) is 0 Å². The Morgan fingerprint density at radius 1 is 1.21 bits per heavy atom. The van der Waals surface area contributed by atoms with Gasteiger partial charge >= 0.3 is 0 Å². The highest BCUT2D eigenvalue weighted by Crippen LogP contribution is 2.38. The molecule has 1 aromatic rings. The van der Waals surface area contributed by atoms with Crippen molar-refractivity contribution in [3.63, 3.8) is 0 Å². The van der Waals surface area contributed by atoms with Gasteiger partial charge in [0.15, 0.2) is 0 Å². The van der Waals surface area contributed by atoms with Gasteiger partial charge in [-0.15, -0.1) is 0 Å². The van der Waals surface area contributed by atoms with Crippen molar-refractivity contribution in [2.24, 2.45) is 5.92 Å². The zero-order valence-corrected chi connectivity index (χ0v) is 8.20. The highest BCUT2D eigenvalue weighted by atomic mass is 16.5. The van der Waals surface area contributed by atoms with E-state index in [4.69, 9.17) is 4.74 Å². The molecule has 2 nitrogen and oxygen atoms in total. The Balaban J connectivity index is 2.04. The molecule has 0 aromatic heterocycles. The molecule has 0 spiro atoms. The summed E-state index contributed by atoms with van der Waals surface area (Å²) >= 11 is 0. The second-order valence-electron chi connectivity index (χ2n) is 4.20. The van der Waals surface area contributed by atoms with Gasteiger partial charge in [-0.3, -0.25) is 0 Å². The smallest absolute Gasteiger partial charge is 0.122 e. The summed E-state index contributed by atoms with van der Waals surface area (Å²) in [4.78, 5) is 0. The molecule has 2 heteroatoms. The second-order valence-corrected chi connectivity index (χ2v) is 4.20. The van der Waals surface area contributed by atoms with Crippen molar-refractivity contribution < 1.29 is 4.74 Å². The summed E-state index contributed by atoms with van der Waals surface area (Å²) in [6, 6.07) is 8.48. The van der Waals surface area contributed by atoms with Crippen LogP contribution in [0.3, 0.4) is 0 Å². The maximum absolute atomic E-state index is 5.76. The number of ether oxygens (including phenoxy) is 1. The Morgan fingerprint density at radius 2 is 2.14 bits per heavy atom. The highest BCUT2D eigenvalue weighted by molar-refractivity contribution is 5.38. The standard InChI is InChI=1S/C12H15NO/c1-2-4-12-10(3-1)11-8-13-7-9(11)5-6-14-12/h1-4,9,11,13H,5-8H2/t9-,11+/m0/s1. The van der Waals surface area contributed by atoms with Crippen LogP contribution in [-0.4, -0.2) is 19.7 Å². The van der Waals surface area contributed by atoms with Crippen LogP contribution in [0.1, 0.15) is 17.9 Å². The molecule has 0 saturated carbocycles. The first-order valence-corrected chi connectivity index (χ1v) is 5.37. The number of nitrogens with one attached hydrogen (secondary N) is 1. The summed E-state index contributed by atoms with van der Waals surface area (Å²) in [6.45, 7) is 3.15. The molecular weight excluding hydrogens is 174 g/mol. The Hall–Kier alpha value is -1.02. The Morgan fingerprint density at radius 3 is 3.14 bits per heavy atom. The van der Waals surface area contributed by atoms with Gasteiger partial charge in [0, 0.05) is 12.5 Å². The van der Waals surface area contributed by atoms with Gasteiger partial charge in [0.1, 0.15) is 5.75 Å². The molecule has 0 amide bonds. The third kappa shape index (κ3) is 1.22. The quantitative estimate of drug-likeness (QED) is 0.671. The average molecular weight is 189 g/mol. The Kier molecular flexibility index (Phi) is 1.95. The summed E-state index contributed by atoms with van der Waals surface area (Å²) in [5.41, 5.74) is 1.40. The summed E-state index contributed by atoms with van der Waals surface area (Å²) in [6.07, 6.45) is 1.19. The minimum absolute atomic E-state index is 0.675. The van der Waals surface area contributed by atoms with E-state index in [0.717, 1.165) is 31.4 Å². The zero-order valence-electron chi connectivity index (χ0n) is 8.20. The van der Waals surface area contributed by atoms with Crippen molar-refractivity contribution in [1.29, 1.82) is 0 Å². The van der Waals surface area contributed by atoms with Crippen molar-refractivity contribution in [2.45, 2.75) is 12.3 Å². The molecule has 2 heterocycles. The number of benzene rings is 1. The van der Waals surface area contributed by atoms with Crippen LogP contribution in [0.25, 0.3) is 0 Å². The predicted molar refractivity (Wildman–Crippen MR) is 55.7 cm³/mol. The van der Waals surface area contributed by atoms with Gasteiger partial charge in [-0.05, 0) is 30.5 Å². The molecule has 0 aliphatic carbocycles. The Bertz CT molecular complexity index is 337. The SMILES string of the molecule is c1ccc2c(c1)OCC[C@H]1CNC[C@@H]21. The van der Waals surface area contributed by atoms with Crippen LogP contribution in [-0.2, 0) is 0 Å². The van der Waals surface area contributed by atoms with E-state index in [1.54, 1.807) is 0 Å². The van der Waals surface area contributed by atoms with Gasteiger partial charge in [0.2, 0.25) is 0 Å². The normalized spacial score (nSPS) is 30.0. The molecule has 0 unspecified atom stereocenters. The first-order valence-electron chi connectivity index (χ1n) is 5.37. The number of fused-ring (bicyclic) bond motifs is 3. The van der Waals surface area contributed by atoms with E-state index in [1.807, 2.05) is 0 Å². The topological polar surface area (TPSA) is 21.3 Å². The molecule has 2 atom stereocenters. The van der Waals surface area contributed by atoms with Crippen LogP contribution < -0.4 is 10.1 Å². The third-order valence-electron chi connectivity index (χ3n) is 3.40. The lowest BCUT2D eigenvalue weighted by Gasteiger charge is -2.15. The molecule has 1 N–H and O–H groups in total. The van der Waals surface area contributed by atoms with Gasteiger partial charge in [-0.25, -0.2) is 0 Å². The number of hydrogen-bond donors (Lipinski definition) is 1. The van der Waals surface area contributed by atoms with E-state index < -0.39 is 0 Å². The van der Waals surface area contributed by atoms with Crippen molar-refractivity contribution in [3.8, 4) is 5.75 Å². The summed E-state index contributed by atoms with van der Waals surface area (Å²) in [7, 11) is 0. The molecule has 3 rings (SSSR count). The first kappa shape index (κ1) is 8.30.